The molecule has 0 atom stereocenters. The Labute approximate surface area is 101 Å². The zero-order chi connectivity index (χ0) is 11.8. The summed E-state index contributed by atoms with van der Waals surface area (Å²) in [5.41, 5.74) is 1.05. The third-order valence-corrected chi connectivity index (χ3v) is 2.18. The first-order valence-corrected chi connectivity index (χ1v) is 6.02. The van der Waals surface area contributed by atoms with Crippen molar-refractivity contribution in [1.82, 2.24) is 9.97 Å². The Kier molecular flexibility index (Phi) is 6.11. The van der Waals surface area contributed by atoms with E-state index in [1.165, 1.54) is 0 Å². The van der Waals surface area contributed by atoms with Crippen LogP contribution in [0.25, 0.3) is 0 Å². The molecular weight excluding hydrogens is 226 g/mol. The lowest BCUT2D eigenvalue weighted by molar-refractivity contribution is 0.160. The monoisotopic (exact) mass is 243 g/mol. The molecule has 5 heteroatoms. The highest BCUT2D eigenvalue weighted by molar-refractivity contribution is 6.17. The lowest BCUT2D eigenvalue weighted by Crippen LogP contribution is -2.12. The van der Waals surface area contributed by atoms with Crippen LogP contribution in [0, 0.1) is 6.92 Å². The van der Waals surface area contributed by atoms with Crippen molar-refractivity contribution in [3.05, 3.63) is 17.6 Å². The maximum absolute atomic E-state index is 5.49. The highest BCUT2D eigenvalue weighted by Crippen LogP contribution is 2.06. The average molecular weight is 244 g/mol. The standard InChI is InChI=1S/C11H18ClN3O/c1-3-10-8-11(15-9(2)14-10)13-5-7-16-6-4-12/h8H,3-7H2,1-2H3,(H,13,14,15). The van der Waals surface area contributed by atoms with Gasteiger partial charge in [0, 0.05) is 24.2 Å². The lowest BCUT2D eigenvalue weighted by atomic mass is 10.3. The van der Waals surface area contributed by atoms with Crippen molar-refractivity contribution in [1.29, 1.82) is 0 Å². The summed E-state index contributed by atoms with van der Waals surface area (Å²) in [5.74, 6) is 2.19. The fraction of sp³-hybridized carbons (Fsp3) is 0.636. The van der Waals surface area contributed by atoms with Gasteiger partial charge in [-0.3, -0.25) is 0 Å². The molecule has 1 rings (SSSR count). The summed E-state index contributed by atoms with van der Waals surface area (Å²) in [6.45, 7) is 5.93. The summed E-state index contributed by atoms with van der Waals surface area (Å²) in [4.78, 5) is 8.61. The average Bonchev–Trinajstić information content (AvgIpc) is 2.28. The third-order valence-electron chi connectivity index (χ3n) is 2.03. The molecule has 1 aromatic rings. The van der Waals surface area contributed by atoms with E-state index in [9.17, 15) is 0 Å². The number of halogens is 1. The highest BCUT2D eigenvalue weighted by atomic mass is 35.5. The van der Waals surface area contributed by atoms with Gasteiger partial charge >= 0.3 is 0 Å². The van der Waals surface area contributed by atoms with Crippen LogP contribution in [0.3, 0.4) is 0 Å². The minimum atomic E-state index is 0.534. The van der Waals surface area contributed by atoms with Crippen LogP contribution < -0.4 is 5.32 Å². The van der Waals surface area contributed by atoms with Crippen LogP contribution in [-0.2, 0) is 11.2 Å². The molecule has 0 saturated carbocycles. The Morgan fingerprint density at radius 3 is 2.88 bits per heavy atom. The summed E-state index contributed by atoms with van der Waals surface area (Å²) >= 11 is 5.49. The molecule has 0 saturated heterocycles. The number of aromatic nitrogens is 2. The maximum atomic E-state index is 5.49. The number of ether oxygens (including phenoxy) is 1. The Morgan fingerprint density at radius 2 is 2.19 bits per heavy atom. The Morgan fingerprint density at radius 1 is 1.38 bits per heavy atom. The number of hydrogen-bond acceptors (Lipinski definition) is 4. The van der Waals surface area contributed by atoms with Crippen LogP contribution in [0.15, 0.2) is 6.07 Å². The van der Waals surface area contributed by atoms with E-state index in [0.717, 1.165) is 30.3 Å². The highest BCUT2D eigenvalue weighted by Gasteiger charge is 1.99. The van der Waals surface area contributed by atoms with Gasteiger partial charge in [0.1, 0.15) is 11.6 Å². The smallest absolute Gasteiger partial charge is 0.130 e. The van der Waals surface area contributed by atoms with Crippen molar-refractivity contribution in [3.63, 3.8) is 0 Å². The molecule has 0 radical (unpaired) electrons. The molecule has 1 heterocycles. The zero-order valence-corrected chi connectivity index (χ0v) is 10.5. The Bertz CT molecular complexity index is 320. The SMILES string of the molecule is CCc1cc(NCCOCCCl)nc(C)n1. The second kappa shape index (κ2) is 7.41. The summed E-state index contributed by atoms with van der Waals surface area (Å²) in [5, 5.41) is 3.20. The van der Waals surface area contributed by atoms with Crippen molar-refractivity contribution in [2.45, 2.75) is 20.3 Å². The molecule has 0 aliphatic carbocycles. The fourth-order valence-electron chi connectivity index (χ4n) is 1.31. The number of nitrogens with one attached hydrogen (secondary N) is 1. The van der Waals surface area contributed by atoms with Crippen LogP contribution in [0.1, 0.15) is 18.4 Å². The van der Waals surface area contributed by atoms with Crippen LogP contribution >= 0.6 is 11.6 Å². The molecule has 90 valence electrons. The molecule has 1 aromatic heterocycles. The first-order chi connectivity index (χ1) is 7.76. The zero-order valence-electron chi connectivity index (χ0n) is 9.79. The van der Waals surface area contributed by atoms with Crippen LogP contribution in [0.4, 0.5) is 5.82 Å². The van der Waals surface area contributed by atoms with Gasteiger partial charge in [-0.1, -0.05) is 6.92 Å². The third kappa shape index (κ3) is 4.77. The van der Waals surface area contributed by atoms with Crippen LogP contribution in [0.5, 0.6) is 0 Å². The molecule has 0 spiro atoms. The molecule has 0 unspecified atom stereocenters. The summed E-state index contributed by atoms with van der Waals surface area (Å²) < 4.78 is 5.25. The number of alkyl halides is 1. The molecule has 0 amide bonds. The summed E-state index contributed by atoms with van der Waals surface area (Å²) in [6.07, 6.45) is 0.917. The predicted octanol–water partition coefficient (Wildman–Crippen LogP) is 2.01. The van der Waals surface area contributed by atoms with E-state index in [1.807, 2.05) is 13.0 Å². The van der Waals surface area contributed by atoms with Gasteiger partial charge in [0.15, 0.2) is 0 Å². The number of aryl methyl sites for hydroxylation is 2. The van der Waals surface area contributed by atoms with Gasteiger partial charge < -0.3 is 10.1 Å². The largest absolute Gasteiger partial charge is 0.378 e. The normalized spacial score (nSPS) is 10.4. The molecule has 0 aromatic carbocycles. The molecule has 0 aliphatic rings. The van der Waals surface area contributed by atoms with E-state index in [1.54, 1.807) is 0 Å². The summed E-state index contributed by atoms with van der Waals surface area (Å²) in [6, 6.07) is 1.97. The van der Waals surface area contributed by atoms with Gasteiger partial charge in [-0.2, -0.15) is 0 Å². The molecule has 16 heavy (non-hydrogen) atoms. The van der Waals surface area contributed by atoms with Crippen molar-refractivity contribution in [2.75, 3.05) is 31.0 Å². The molecule has 0 aliphatic heterocycles. The molecular formula is C11H18ClN3O. The van der Waals surface area contributed by atoms with Gasteiger partial charge in [-0.05, 0) is 13.3 Å². The quantitative estimate of drug-likeness (QED) is 0.588. The number of hydrogen-bond donors (Lipinski definition) is 1. The van der Waals surface area contributed by atoms with Crippen molar-refractivity contribution in [2.24, 2.45) is 0 Å². The first-order valence-electron chi connectivity index (χ1n) is 5.48. The topological polar surface area (TPSA) is 47.0 Å². The maximum Gasteiger partial charge on any atom is 0.130 e. The van der Waals surface area contributed by atoms with E-state index < -0.39 is 0 Å². The second-order valence-corrected chi connectivity index (χ2v) is 3.75. The Balaban J connectivity index is 2.38. The van der Waals surface area contributed by atoms with Gasteiger partial charge in [0.05, 0.1) is 13.2 Å². The Hall–Kier alpha value is -0.870. The predicted molar refractivity (Wildman–Crippen MR) is 66.2 cm³/mol. The van der Waals surface area contributed by atoms with E-state index >= 15 is 0 Å². The van der Waals surface area contributed by atoms with Gasteiger partial charge in [-0.15, -0.1) is 11.6 Å². The second-order valence-electron chi connectivity index (χ2n) is 3.37. The van der Waals surface area contributed by atoms with E-state index in [0.29, 0.717) is 19.1 Å². The van der Waals surface area contributed by atoms with Crippen LogP contribution in [-0.4, -0.2) is 35.6 Å². The van der Waals surface area contributed by atoms with Gasteiger partial charge in [-0.25, -0.2) is 9.97 Å². The minimum Gasteiger partial charge on any atom is -0.378 e. The molecule has 0 bridgehead atoms. The van der Waals surface area contributed by atoms with Crippen molar-refractivity contribution in [3.8, 4) is 0 Å². The molecule has 0 fully saturated rings. The van der Waals surface area contributed by atoms with Crippen LogP contribution in [0.2, 0.25) is 0 Å². The molecule has 1 N–H and O–H groups in total. The van der Waals surface area contributed by atoms with Gasteiger partial charge in [0.2, 0.25) is 0 Å². The van der Waals surface area contributed by atoms with E-state index in [2.05, 4.69) is 22.2 Å². The first kappa shape index (κ1) is 13.2. The lowest BCUT2D eigenvalue weighted by Gasteiger charge is -2.07. The summed E-state index contributed by atoms with van der Waals surface area (Å²) in [7, 11) is 0. The van der Waals surface area contributed by atoms with E-state index in [4.69, 9.17) is 16.3 Å². The van der Waals surface area contributed by atoms with E-state index in [-0.39, 0.29) is 0 Å². The number of nitrogens with zero attached hydrogens (tertiary/aromatic N) is 2. The van der Waals surface area contributed by atoms with Gasteiger partial charge in [0.25, 0.3) is 0 Å². The van der Waals surface area contributed by atoms with Crippen molar-refractivity contribution >= 4 is 17.4 Å². The number of anilines is 1. The molecule has 4 nitrogen and oxygen atoms in total. The fourth-order valence-corrected chi connectivity index (χ4v) is 1.42. The van der Waals surface area contributed by atoms with Crippen molar-refractivity contribution < 1.29 is 4.74 Å². The minimum absolute atomic E-state index is 0.534. The number of rotatable bonds is 7.